The molecule has 1 aliphatic rings. The van der Waals surface area contributed by atoms with Crippen LogP contribution in [0.25, 0.3) is 0 Å². The smallest absolute Gasteiger partial charge is 0.242 e. The lowest BCUT2D eigenvalue weighted by Gasteiger charge is -2.35. The SMILES string of the molecule is COc1ccc(C(CNC(=O)C(NC(C)=O)C(C)C)N2CCOCC2)cc1. The second-order valence-corrected chi connectivity index (χ2v) is 7.10. The number of benzene rings is 1. The summed E-state index contributed by atoms with van der Waals surface area (Å²) in [6.45, 7) is 8.72. The van der Waals surface area contributed by atoms with E-state index in [-0.39, 0.29) is 23.8 Å². The van der Waals surface area contributed by atoms with Crippen LogP contribution in [0.2, 0.25) is 0 Å². The molecule has 1 saturated heterocycles. The molecule has 2 unspecified atom stereocenters. The minimum atomic E-state index is -0.538. The molecule has 2 rings (SSSR count). The molecular weight excluding hydrogens is 346 g/mol. The fourth-order valence-electron chi connectivity index (χ4n) is 3.23. The Morgan fingerprint density at radius 3 is 2.33 bits per heavy atom. The quantitative estimate of drug-likeness (QED) is 0.715. The van der Waals surface area contributed by atoms with Crippen LogP contribution in [0.4, 0.5) is 0 Å². The van der Waals surface area contributed by atoms with Gasteiger partial charge < -0.3 is 20.1 Å². The van der Waals surface area contributed by atoms with Crippen molar-refractivity contribution in [3.63, 3.8) is 0 Å². The van der Waals surface area contributed by atoms with Gasteiger partial charge in [0.15, 0.2) is 0 Å². The summed E-state index contributed by atoms with van der Waals surface area (Å²) < 4.78 is 10.7. The summed E-state index contributed by atoms with van der Waals surface area (Å²) in [5.74, 6) is 0.446. The van der Waals surface area contributed by atoms with Crippen molar-refractivity contribution in [2.75, 3.05) is 40.0 Å². The zero-order valence-corrected chi connectivity index (χ0v) is 16.7. The number of ether oxygens (including phenoxy) is 2. The number of amides is 2. The van der Waals surface area contributed by atoms with Gasteiger partial charge in [-0.05, 0) is 23.6 Å². The molecule has 2 atom stereocenters. The van der Waals surface area contributed by atoms with E-state index in [1.807, 2.05) is 38.1 Å². The van der Waals surface area contributed by atoms with E-state index in [9.17, 15) is 9.59 Å². The molecule has 1 aromatic rings. The average molecular weight is 377 g/mol. The van der Waals surface area contributed by atoms with Crippen LogP contribution in [0.15, 0.2) is 24.3 Å². The largest absolute Gasteiger partial charge is 0.497 e. The fraction of sp³-hybridized carbons (Fsp3) is 0.600. The second-order valence-electron chi connectivity index (χ2n) is 7.10. The van der Waals surface area contributed by atoms with Gasteiger partial charge in [0.25, 0.3) is 0 Å². The summed E-state index contributed by atoms with van der Waals surface area (Å²) in [5, 5.41) is 5.76. The summed E-state index contributed by atoms with van der Waals surface area (Å²) >= 11 is 0. The summed E-state index contributed by atoms with van der Waals surface area (Å²) in [6.07, 6.45) is 0. The minimum Gasteiger partial charge on any atom is -0.497 e. The van der Waals surface area contributed by atoms with Gasteiger partial charge in [0.1, 0.15) is 11.8 Å². The first-order valence-electron chi connectivity index (χ1n) is 9.43. The van der Waals surface area contributed by atoms with Gasteiger partial charge in [-0.15, -0.1) is 0 Å². The first kappa shape index (κ1) is 21.2. The number of carbonyl (C=O) groups excluding carboxylic acids is 2. The van der Waals surface area contributed by atoms with Gasteiger partial charge in [-0.1, -0.05) is 26.0 Å². The Bertz CT molecular complexity index is 612. The monoisotopic (exact) mass is 377 g/mol. The van der Waals surface area contributed by atoms with Crippen molar-refractivity contribution < 1.29 is 19.1 Å². The van der Waals surface area contributed by atoms with E-state index in [0.717, 1.165) is 24.4 Å². The Labute approximate surface area is 161 Å². The summed E-state index contributed by atoms with van der Waals surface area (Å²) in [4.78, 5) is 26.4. The number of nitrogens with one attached hydrogen (secondary N) is 2. The molecule has 2 amide bonds. The molecule has 1 heterocycles. The molecule has 7 nitrogen and oxygen atoms in total. The van der Waals surface area contributed by atoms with Gasteiger partial charge in [0.2, 0.25) is 11.8 Å². The lowest BCUT2D eigenvalue weighted by atomic mass is 10.0. The molecule has 0 radical (unpaired) electrons. The van der Waals surface area contributed by atoms with Crippen molar-refractivity contribution in [2.45, 2.75) is 32.9 Å². The van der Waals surface area contributed by atoms with E-state index in [1.165, 1.54) is 6.92 Å². The molecule has 1 aliphatic heterocycles. The van der Waals surface area contributed by atoms with E-state index in [1.54, 1.807) is 7.11 Å². The molecule has 150 valence electrons. The Hall–Kier alpha value is -2.12. The summed E-state index contributed by atoms with van der Waals surface area (Å²) in [6, 6.07) is 7.41. The highest BCUT2D eigenvalue weighted by molar-refractivity contribution is 5.87. The standard InChI is InChI=1S/C20H31N3O4/c1-14(2)19(22-15(3)24)20(25)21-13-18(23-9-11-27-12-10-23)16-5-7-17(26-4)8-6-16/h5-8,14,18-19H,9-13H2,1-4H3,(H,21,25)(H,22,24). The first-order valence-corrected chi connectivity index (χ1v) is 9.43. The van der Waals surface area contributed by atoms with E-state index < -0.39 is 6.04 Å². The van der Waals surface area contributed by atoms with E-state index in [4.69, 9.17) is 9.47 Å². The van der Waals surface area contributed by atoms with Crippen molar-refractivity contribution in [3.8, 4) is 5.75 Å². The highest BCUT2D eigenvalue weighted by Crippen LogP contribution is 2.23. The third-order valence-electron chi connectivity index (χ3n) is 4.76. The molecular formula is C20H31N3O4. The number of hydrogen-bond acceptors (Lipinski definition) is 5. The summed E-state index contributed by atoms with van der Waals surface area (Å²) in [7, 11) is 1.64. The van der Waals surface area contributed by atoms with Crippen LogP contribution in [0.1, 0.15) is 32.4 Å². The molecule has 0 spiro atoms. The molecule has 0 aliphatic carbocycles. The lowest BCUT2D eigenvalue weighted by Crippen LogP contribution is -2.51. The zero-order chi connectivity index (χ0) is 19.8. The molecule has 0 aromatic heterocycles. The number of nitrogens with zero attached hydrogens (tertiary/aromatic N) is 1. The Morgan fingerprint density at radius 1 is 1.19 bits per heavy atom. The van der Waals surface area contributed by atoms with Crippen molar-refractivity contribution >= 4 is 11.8 Å². The normalized spacial score (nSPS) is 17.2. The van der Waals surface area contributed by atoms with Crippen LogP contribution in [0.5, 0.6) is 5.75 Å². The molecule has 2 N–H and O–H groups in total. The third kappa shape index (κ3) is 6.22. The molecule has 0 saturated carbocycles. The number of methoxy groups -OCH3 is 1. The minimum absolute atomic E-state index is 0.0109. The molecule has 0 bridgehead atoms. The maximum Gasteiger partial charge on any atom is 0.242 e. The fourth-order valence-corrected chi connectivity index (χ4v) is 3.23. The molecule has 7 heteroatoms. The second kappa shape index (κ2) is 10.3. The van der Waals surface area contributed by atoms with Crippen molar-refractivity contribution in [1.29, 1.82) is 0 Å². The van der Waals surface area contributed by atoms with E-state index >= 15 is 0 Å². The van der Waals surface area contributed by atoms with Crippen molar-refractivity contribution in [1.82, 2.24) is 15.5 Å². The van der Waals surface area contributed by atoms with Crippen LogP contribution >= 0.6 is 0 Å². The Kier molecular flexibility index (Phi) is 8.06. The van der Waals surface area contributed by atoms with E-state index in [2.05, 4.69) is 15.5 Å². The van der Waals surface area contributed by atoms with Gasteiger partial charge >= 0.3 is 0 Å². The highest BCUT2D eigenvalue weighted by atomic mass is 16.5. The topological polar surface area (TPSA) is 79.9 Å². The number of rotatable bonds is 8. The highest BCUT2D eigenvalue weighted by Gasteiger charge is 2.27. The van der Waals surface area contributed by atoms with Crippen LogP contribution in [0, 0.1) is 5.92 Å². The third-order valence-corrected chi connectivity index (χ3v) is 4.76. The van der Waals surface area contributed by atoms with Gasteiger partial charge in [0.05, 0.1) is 26.4 Å². The van der Waals surface area contributed by atoms with Gasteiger partial charge in [0, 0.05) is 26.6 Å². The maximum absolute atomic E-state index is 12.7. The van der Waals surface area contributed by atoms with Crippen molar-refractivity contribution in [3.05, 3.63) is 29.8 Å². The van der Waals surface area contributed by atoms with E-state index in [0.29, 0.717) is 19.8 Å². The van der Waals surface area contributed by atoms with Gasteiger partial charge in [-0.2, -0.15) is 0 Å². The predicted octanol–water partition coefficient (Wildman–Crippen LogP) is 1.35. The van der Waals surface area contributed by atoms with Crippen LogP contribution in [-0.4, -0.2) is 62.7 Å². The Morgan fingerprint density at radius 2 is 1.81 bits per heavy atom. The lowest BCUT2D eigenvalue weighted by molar-refractivity contribution is -0.129. The molecule has 1 aromatic carbocycles. The van der Waals surface area contributed by atoms with Crippen LogP contribution in [-0.2, 0) is 14.3 Å². The Balaban J connectivity index is 2.10. The predicted molar refractivity (Wildman–Crippen MR) is 104 cm³/mol. The zero-order valence-electron chi connectivity index (χ0n) is 16.7. The first-order chi connectivity index (χ1) is 12.9. The molecule has 27 heavy (non-hydrogen) atoms. The van der Waals surface area contributed by atoms with Gasteiger partial charge in [-0.25, -0.2) is 0 Å². The summed E-state index contributed by atoms with van der Waals surface area (Å²) in [5.41, 5.74) is 1.11. The average Bonchev–Trinajstić information content (AvgIpc) is 2.67. The maximum atomic E-state index is 12.7. The number of carbonyl (C=O) groups is 2. The van der Waals surface area contributed by atoms with Crippen LogP contribution < -0.4 is 15.4 Å². The van der Waals surface area contributed by atoms with Gasteiger partial charge in [-0.3, -0.25) is 14.5 Å². The number of morpholine rings is 1. The van der Waals surface area contributed by atoms with Crippen LogP contribution in [0.3, 0.4) is 0 Å². The number of hydrogen-bond donors (Lipinski definition) is 2. The molecule has 1 fully saturated rings. The van der Waals surface area contributed by atoms with Crippen molar-refractivity contribution in [2.24, 2.45) is 5.92 Å².